The molecule has 1 aromatic heterocycles. The lowest BCUT2D eigenvalue weighted by Gasteiger charge is -2.10. The van der Waals surface area contributed by atoms with E-state index in [0.717, 1.165) is 17.7 Å². The van der Waals surface area contributed by atoms with Gasteiger partial charge in [-0.25, -0.2) is 0 Å². The molecular weight excluding hydrogens is 218 g/mol. The molecule has 0 aliphatic rings. The summed E-state index contributed by atoms with van der Waals surface area (Å²) < 4.78 is 10.3. The van der Waals surface area contributed by atoms with Gasteiger partial charge in [-0.15, -0.1) is 0 Å². The van der Waals surface area contributed by atoms with Crippen LogP contribution < -0.4 is 10.5 Å². The van der Waals surface area contributed by atoms with Crippen LogP contribution in [0.3, 0.4) is 0 Å². The highest BCUT2D eigenvalue weighted by Gasteiger charge is 2.05. The molecule has 0 aliphatic carbocycles. The maximum Gasteiger partial charge on any atom is 0.213 e. The molecule has 1 heterocycles. The largest absolute Gasteiger partial charge is 0.485 e. The molecule has 0 saturated carbocycles. The van der Waals surface area contributed by atoms with Crippen LogP contribution in [0.5, 0.6) is 5.75 Å². The van der Waals surface area contributed by atoms with Gasteiger partial charge in [0.25, 0.3) is 0 Å². The molecule has 0 aliphatic heterocycles. The fourth-order valence-corrected chi connectivity index (χ4v) is 1.60. The molecule has 2 aromatic rings. The van der Waals surface area contributed by atoms with Gasteiger partial charge in [0, 0.05) is 0 Å². The number of hydrogen-bond donors (Lipinski definition) is 1. The van der Waals surface area contributed by atoms with Gasteiger partial charge >= 0.3 is 0 Å². The predicted octanol–water partition coefficient (Wildman–Crippen LogP) is 1.46. The van der Waals surface area contributed by atoms with E-state index in [1.54, 1.807) is 0 Å². The van der Waals surface area contributed by atoms with Crippen molar-refractivity contribution in [3.63, 3.8) is 0 Å². The third-order valence-corrected chi connectivity index (χ3v) is 2.39. The number of nitrogens with zero attached hydrogens (tertiary/aromatic N) is 2. The lowest BCUT2D eigenvalue weighted by molar-refractivity contribution is 0.284. The van der Waals surface area contributed by atoms with Crippen LogP contribution in [-0.4, -0.2) is 16.7 Å². The SMILES string of the molecule is Cc1ccc(OCc2ncon2)c(CCN)c1. The molecule has 2 rings (SSSR count). The van der Waals surface area contributed by atoms with Crippen molar-refractivity contribution in [2.75, 3.05) is 6.54 Å². The quantitative estimate of drug-likeness (QED) is 0.846. The fourth-order valence-electron chi connectivity index (χ4n) is 1.60. The molecule has 0 radical (unpaired) electrons. The van der Waals surface area contributed by atoms with Crippen LogP contribution in [0.15, 0.2) is 29.1 Å². The Kier molecular flexibility index (Phi) is 3.72. The van der Waals surface area contributed by atoms with Crippen molar-refractivity contribution in [1.82, 2.24) is 10.1 Å². The molecule has 5 nitrogen and oxygen atoms in total. The van der Waals surface area contributed by atoms with E-state index in [2.05, 4.69) is 20.7 Å². The number of aryl methyl sites for hydroxylation is 1. The molecule has 0 atom stereocenters. The summed E-state index contributed by atoms with van der Waals surface area (Å²) in [7, 11) is 0. The molecular formula is C12H15N3O2. The Morgan fingerprint density at radius 3 is 3.00 bits per heavy atom. The van der Waals surface area contributed by atoms with Gasteiger partial charge in [-0.1, -0.05) is 22.9 Å². The van der Waals surface area contributed by atoms with Crippen molar-refractivity contribution >= 4 is 0 Å². The van der Waals surface area contributed by atoms with Crippen LogP contribution in [-0.2, 0) is 13.0 Å². The predicted molar refractivity (Wildman–Crippen MR) is 62.6 cm³/mol. The average Bonchev–Trinajstić information content (AvgIpc) is 2.81. The number of ether oxygens (including phenoxy) is 1. The minimum Gasteiger partial charge on any atom is -0.485 e. The average molecular weight is 233 g/mol. The maximum absolute atomic E-state index is 5.65. The molecule has 1 aromatic carbocycles. The zero-order valence-corrected chi connectivity index (χ0v) is 9.72. The highest BCUT2D eigenvalue weighted by molar-refractivity contribution is 5.37. The Morgan fingerprint density at radius 1 is 1.41 bits per heavy atom. The summed E-state index contributed by atoms with van der Waals surface area (Å²) in [6.07, 6.45) is 2.08. The van der Waals surface area contributed by atoms with Crippen molar-refractivity contribution in [2.45, 2.75) is 20.0 Å². The second-order valence-electron chi connectivity index (χ2n) is 3.79. The van der Waals surface area contributed by atoms with E-state index in [4.69, 9.17) is 10.5 Å². The monoisotopic (exact) mass is 233 g/mol. The lowest BCUT2D eigenvalue weighted by Crippen LogP contribution is -2.06. The van der Waals surface area contributed by atoms with Crippen molar-refractivity contribution in [2.24, 2.45) is 5.73 Å². The molecule has 0 unspecified atom stereocenters. The Labute approximate surface area is 99.6 Å². The number of rotatable bonds is 5. The van der Waals surface area contributed by atoms with Crippen LogP contribution in [0.25, 0.3) is 0 Å². The van der Waals surface area contributed by atoms with Gasteiger partial charge in [0.2, 0.25) is 12.2 Å². The third kappa shape index (κ3) is 3.04. The first-order valence-electron chi connectivity index (χ1n) is 5.47. The van der Waals surface area contributed by atoms with Gasteiger partial charge in [0.15, 0.2) is 6.61 Å². The molecule has 0 saturated heterocycles. The molecule has 0 amide bonds. The van der Waals surface area contributed by atoms with Crippen LogP contribution in [0, 0.1) is 6.92 Å². The van der Waals surface area contributed by atoms with Crippen molar-refractivity contribution in [3.05, 3.63) is 41.5 Å². The third-order valence-electron chi connectivity index (χ3n) is 2.39. The van der Waals surface area contributed by atoms with Crippen molar-refractivity contribution < 1.29 is 9.26 Å². The summed E-state index contributed by atoms with van der Waals surface area (Å²) in [6.45, 7) is 2.95. The normalized spacial score (nSPS) is 10.5. The van der Waals surface area contributed by atoms with E-state index < -0.39 is 0 Å². The number of benzene rings is 1. The molecule has 0 spiro atoms. The molecule has 17 heavy (non-hydrogen) atoms. The molecule has 0 bridgehead atoms. The van der Waals surface area contributed by atoms with E-state index in [1.165, 1.54) is 12.0 Å². The Bertz CT molecular complexity index is 469. The van der Waals surface area contributed by atoms with Gasteiger partial charge in [0.1, 0.15) is 5.75 Å². The minimum absolute atomic E-state index is 0.303. The Morgan fingerprint density at radius 2 is 2.29 bits per heavy atom. The van der Waals surface area contributed by atoms with E-state index in [1.807, 2.05) is 19.1 Å². The Hall–Kier alpha value is -1.88. The second-order valence-corrected chi connectivity index (χ2v) is 3.79. The van der Waals surface area contributed by atoms with Crippen molar-refractivity contribution in [1.29, 1.82) is 0 Å². The summed E-state index contributed by atoms with van der Waals surface area (Å²) in [4.78, 5) is 3.90. The van der Waals surface area contributed by atoms with E-state index in [-0.39, 0.29) is 0 Å². The summed E-state index contributed by atoms with van der Waals surface area (Å²) in [6, 6.07) is 6.03. The van der Waals surface area contributed by atoms with Gasteiger partial charge in [0.05, 0.1) is 0 Å². The fraction of sp³-hybridized carbons (Fsp3) is 0.333. The van der Waals surface area contributed by atoms with E-state index in [9.17, 15) is 0 Å². The van der Waals surface area contributed by atoms with Crippen LogP contribution in [0.4, 0.5) is 0 Å². The molecule has 2 N–H and O–H groups in total. The first-order chi connectivity index (χ1) is 8.29. The van der Waals surface area contributed by atoms with Gasteiger partial charge < -0.3 is 15.0 Å². The summed E-state index contributed by atoms with van der Waals surface area (Å²) >= 11 is 0. The minimum atomic E-state index is 0.303. The van der Waals surface area contributed by atoms with E-state index >= 15 is 0 Å². The smallest absolute Gasteiger partial charge is 0.213 e. The summed E-state index contributed by atoms with van der Waals surface area (Å²) in [5.41, 5.74) is 7.88. The maximum atomic E-state index is 5.65. The standard InChI is InChI=1S/C12H15N3O2/c1-9-2-3-11(10(6-9)4-5-13)16-7-12-14-8-17-15-12/h2-3,6,8H,4-5,7,13H2,1H3. The highest BCUT2D eigenvalue weighted by atomic mass is 16.5. The Balaban J connectivity index is 2.08. The number of nitrogens with two attached hydrogens (primary N) is 1. The summed E-state index contributed by atoms with van der Waals surface area (Å²) in [5.74, 6) is 1.36. The lowest BCUT2D eigenvalue weighted by atomic mass is 10.1. The number of aromatic nitrogens is 2. The van der Waals surface area contributed by atoms with Gasteiger partial charge in [-0.2, -0.15) is 4.98 Å². The van der Waals surface area contributed by atoms with Crippen LogP contribution >= 0.6 is 0 Å². The first kappa shape index (κ1) is 11.6. The first-order valence-corrected chi connectivity index (χ1v) is 5.47. The van der Waals surface area contributed by atoms with Gasteiger partial charge in [-0.05, 0) is 31.5 Å². The molecule has 5 heteroatoms. The van der Waals surface area contributed by atoms with Gasteiger partial charge in [-0.3, -0.25) is 0 Å². The van der Waals surface area contributed by atoms with Crippen molar-refractivity contribution in [3.8, 4) is 5.75 Å². The topological polar surface area (TPSA) is 74.2 Å². The van der Waals surface area contributed by atoms with Crippen LogP contribution in [0.1, 0.15) is 17.0 Å². The molecule has 90 valence electrons. The zero-order chi connectivity index (χ0) is 12.1. The highest BCUT2D eigenvalue weighted by Crippen LogP contribution is 2.21. The van der Waals surface area contributed by atoms with E-state index in [0.29, 0.717) is 19.0 Å². The van der Waals surface area contributed by atoms with Crippen LogP contribution in [0.2, 0.25) is 0 Å². The zero-order valence-electron chi connectivity index (χ0n) is 9.72. The second kappa shape index (κ2) is 5.45. The summed E-state index contributed by atoms with van der Waals surface area (Å²) in [5, 5.41) is 3.69. The molecule has 0 fully saturated rings. The number of hydrogen-bond acceptors (Lipinski definition) is 5.